The minimum absolute atomic E-state index is 0.00722. The molecule has 0 saturated heterocycles. The van der Waals surface area contributed by atoms with Crippen LogP contribution in [-0.4, -0.2) is 9.78 Å². The van der Waals surface area contributed by atoms with Crippen molar-refractivity contribution in [2.24, 2.45) is 5.73 Å². The molecule has 3 nitrogen and oxygen atoms in total. The average molecular weight is 358 g/mol. The number of rotatable bonds is 5. The third-order valence-electron chi connectivity index (χ3n) is 3.57. The number of aryl methyl sites for hydroxylation is 1. The molecule has 21 heavy (non-hydrogen) atoms. The van der Waals surface area contributed by atoms with E-state index in [1.54, 1.807) is 4.68 Å². The Morgan fingerprint density at radius 2 is 1.90 bits per heavy atom. The fraction of sp³-hybridized carbons (Fsp3) is 0.400. The molecule has 0 amide bonds. The number of benzene rings is 1. The van der Waals surface area contributed by atoms with Crippen LogP contribution in [0.25, 0.3) is 0 Å². The molecule has 0 spiro atoms. The molecule has 1 aromatic heterocycles. The Labute approximate surface area is 131 Å². The van der Waals surface area contributed by atoms with E-state index in [1.807, 2.05) is 13.8 Å². The maximum Gasteiger partial charge on any atom is 0.145 e. The van der Waals surface area contributed by atoms with Crippen LogP contribution in [0, 0.1) is 11.6 Å². The number of hydrogen-bond donors (Lipinski definition) is 1. The van der Waals surface area contributed by atoms with Gasteiger partial charge in [-0.3, -0.25) is 4.68 Å². The first-order chi connectivity index (χ1) is 10.0. The molecule has 0 atom stereocenters. The van der Waals surface area contributed by atoms with E-state index < -0.39 is 11.6 Å². The SMILES string of the molecule is CCc1nn(Cc2c(F)ccc(Br)c2F)c(CC)c1CN. The summed E-state index contributed by atoms with van der Waals surface area (Å²) < 4.78 is 29.9. The Hall–Kier alpha value is -1.27. The molecule has 0 unspecified atom stereocenters. The predicted molar refractivity (Wildman–Crippen MR) is 82.0 cm³/mol. The van der Waals surface area contributed by atoms with Gasteiger partial charge in [-0.1, -0.05) is 13.8 Å². The lowest BCUT2D eigenvalue weighted by molar-refractivity contribution is 0.522. The van der Waals surface area contributed by atoms with E-state index in [4.69, 9.17) is 5.73 Å². The predicted octanol–water partition coefficient (Wildman–Crippen LogP) is 3.56. The van der Waals surface area contributed by atoms with E-state index in [0.29, 0.717) is 6.54 Å². The second-order valence-electron chi connectivity index (χ2n) is 4.76. The molecule has 2 rings (SSSR count). The molecule has 1 aromatic carbocycles. The minimum Gasteiger partial charge on any atom is -0.326 e. The first-order valence-electron chi connectivity index (χ1n) is 6.93. The molecule has 0 fully saturated rings. The van der Waals surface area contributed by atoms with Crippen molar-refractivity contribution >= 4 is 15.9 Å². The van der Waals surface area contributed by atoms with Gasteiger partial charge < -0.3 is 5.73 Å². The summed E-state index contributed by atoms with van der Waals surface area (Å²) in [6.07, 6.45) is 1.47. The van der Waals surface area contributed by atoms with Crippen LogP contribution >= 0.6 is 15.9 Å². The lowest BCUT2D eigenvalue weighted by atomic mass is 10.1. The molecule has 0 bridgehead atoms. The van der Waals surface area contributed by atoms with Crippen LogP contribution in [0.2, 0.25) is 0 Å². The third-order valence-corrected chi connectivity index (χ3v) is 4.18. The van der Waals surface area contributed by atoms with E-state index in [9.17, 15) is 8.78 Å². The highest BCUT2D eigenvalue weighted by atomic mass is 79.9. The van der Waals surface area contributed by atoms with Crippen molar-refractivity contribution in [1.82, 2.24) is 9.78 Å². The van der Waals surface area contributed by atoms with Crippen molar-refractivity contribution in [2.75, 3.05) is 0 Å². The monoisotopic (exact) mass is 357 g/mol. The smallest absolute Gasteiger partial charge is 0.145 e. The fourth-order valence-corrected chi connectivity index (χ4v) is 2.87. The molecule has 0 aliphatic carbocycles. The van der Waals surface area contributed by atoms with Crippen LogP contribution in [0.4, 0.5) is 8.78 Å². The van der Waals surface area contributed by atoms with Crippen molar-refractivity contribution in [3.63, 3.8) is 0 Å². The summed E-state index contributed by atoms with van der Waals surface area (Å²) in [5.41, 5.74) is 8.61. The lowest BCUT2D eigenvalue weighted by Gasteiger charge is -2.10. The summed E-state index contributed by atoms with van der Waals surface area (Å²) >= 11 is 3.08. The third kappa shape index (κ3) is 3.01. The Bertz CT molecular complexity index is 653. The molecular weight excluding hydrogens is 340 g/mol. The Morgan fingerprint density at radius 1 is 1.19 bits per heavy atom. The molecule has 2 N–H and O–H groups in total. The number of aromatic nitrogens is 2. The van der Waals surface area contributed by atoms with Crippen molar-refractivity contribution in [2.45, 2.75) is 39.8 Å². The van der Waals surface area contributed by atoms with Crippen molar-refractivity contribution in [3.05, 3.63) is 50.8 Å². The second-order valence-corrected chi connectivity index (χ2v) is 5.62. The van der Waals surface area contributed by atoms with E-state index in [2.05, 4.69) is 21.0 Å². The maximum absolute atomic E-state index is 14.1. The van der Waals surface area contributed by atoms with Crippen LogP contribution in [0.15, 0.2) is 16.6 Å². The molecule has 1 heterocycles. The number of hydrogen-bond acceptors (Lipinski definition) is 2. The second kappa shape index (κ2) is 6.66. The summed E-state index contributed by atoms with van der Waals surface area (Å²) in [4.78, 5) is 0. The summed E-state index contributed by atoms with van der Waals surface area (Å²) in [7, 11) is 0. The normalized spacial score (nSPS) is 11.1. The van der Waals surface area contributed by atoms with E-state index in [-0.39, 0.29) is 16.6 Å². The first kappa shape index (κ1) is 16.1. The molecular formula is C15H18BrF2N3. The van der Waals surface area contributed by atoms with Gasteiger partial charge >= 0.3 is 0 Å². The van der Waals surface area contributed by atoms with Crippen LogP contribution in [-0.2, 0) is 25.9 Å². The zero-order valence-corrected chi connectivity index (χ0v) is 13.7. The average Bonchev–Trinajstić information content (AvgIpc) is 2.84. The van der Waals surface area contributed by atoms with E-state index >= 15 is 0 Å². The molecule has 0 aliphatic heterocycles. The highest BCUT2D eigenvalue weighted by molar-refractivity contribution is 9.10. The van der Waals surface area contributed by atoms with Gasteiger partial charge in [0.1, 0.15) is 11.6 Å². The van der Waals surface area contributed by atoms with Crippen LogP contribution in [0.1, 0.15) is 36.4 Å². The zero-order chi connectivity index (χ0) is 15.6. The summed E-state index contributed by atoms with van der Waals surface area (Å²) in [6, 6.07) is 2.61. The van der Waals surface area contributed by atoms with Crippen LogP contribution < -0.4 is 5.73 Å². The molecule has 0 saturated carbocycles. The molecule has 114 valence electrons. The molecule has 0 aliphatic rings. The fourth-order valence-electron chi connectivity index (χ4n) is 2.50. The standard InChI is InChI=1S/C15H18BrF2N3/c1-3-13-9(7-19)14(4-2)21(20-13)8-10-12(17)6-5-11(16)15(10)18/h5-6H,3-4,7-8,19H2,1-2H3. The quantitative estimate of drug-likeness (QED) is 0.831. The van der Waals surface area contributed by atoms with Gasteiger partial charge in [-0.25, -0.2) is 8.78 Å². The minimum atomic E-state index is -0.583. The number of nitrogens with two attached hydrogens (primary N) is 1. The van der Waals surface area contributed by atoms with Gasteiger partial charge in [0, 0.05) is 23.4 Å². The largest absolute Gasteiger partial charge is 0.326 e. The van der Waals surface area contributed by atoms with Gasteiger partial charge in [-0.15, -0.1) is 0 Å². The van der Waals surface area contributed by atoms with Crippen molar-refractivity contribution in [3.8, 4) is 0 Å². The zero-order valence-electron chi connectivity index (χ0n) is 12.1. The van der Waals surface area contributed by atoms with Gasteiger partial charge in [0.05, 0.1) is 16.7 Å². The number of halogens is 3. The topological polar surface area (TPSA) is 43.8 Å². The lowest BCUT2D eigenvalue weighted by Crippen LogP contribution is -2.11. The van der Waals surface area contributed by atoms with Crippen LogP contribution in [0.3, 0.4) is 0 Å². The van der Waals surface area contributed by atoms with Gasteiger partial charge in [-0.2, -0.15) is 5.10 Å². The highest BCUT2D eigenvalue weighted by Crippen LogP contribution is 2.24. The number of nitrogens with zero attached hydrogens (tertiary/aromatic N) is 2. The molecule has 2 aromatic rings. The van der Waals surface area contributed by atoms with Gasteiger partial charge in [0.25, 0.3) is 0 Å². The summed E-state index contributed by atoms with van der Waals surface area (Å²) in [5, 5.41) is 4.47. The Morgan fingerprint density at radius 3 is 2.48 bits per heavy atom. The van der Waals surface area contributed by atoms with Crippen LogP contribution in [0.5, 0.6) is 0 Å². The summed E-state index contributed by atoms with van der Waals surface area (Å²) in [6.45, 7) is 4.42. The van der Waals surface area contributed by atoms with Crippen molar-refractivity contribution < 1.29 is 8.78 Å². The molecule has 6 heteroatoms. The Kier molecular flexibility index (Phi) is 5.11. The van der Waals surface area contributed by atoms with Gasteiger partial charge in [0.2, 0.25) is 0 Å². The van der Waals surface area contributed by atoms with E-state index in [0.717, 1.165) is 29.8 Å². The van der Waals surface area contributed by atoms with Gasteiger partial charge in [0.15, 0.2) is 0 Å². The molecule has 0 radical (unpaired) electrons. The Balaban J connectivity index is 2.50. The van der Waals surface area contributed by atoms with Gasteiger partial charge in [-0.05, 0) is 40.9 Å². The highest BCUT2D eigenvalue weighted by Gasteiger charge is 2.18. The van der Waals surface area contributed by atoms with E-state index in [1.165, 1.54) is 12.1 Å². The van der Waals surface area contributed by atoms with Crippen molar-refractivity contribution in [1.29, 1.82) is 0 Å². The summed E-state index contributed by atoms with van der Waals surface area (Å²) in [5.74, 6) is -1.15. The first-order valence-corrected chi connectivity index (χ1v) is 7.72. The maximum atomic E-state index is 14.1.